The average molecular weight is 365 g/mol. The summed E-state index contributed by atoms with van der Waals surface area (Å²) in [5, 5.41) is 1.04. The number of hydrogen-bond donors (Lipinski definition) is 0. The lowest BCUT2D eigenvalue weighted by molar-refractivity contribution is 0.398. The zero-order valence-corrected chi connectivity index (χ0v) is 16.1. The molecule has 5 heteroatoms. The highest BCUT2D eigenvalue weighted by Gasteiger charge is 2.42. The Morgan fingerprint density at radius 2 is 1.59 bits per heavy atom. The molecule has 2 aromatic heterocycles. The van der Waals surface area contributed by atoms with Crippen LogP contribution in [-0.4, -0.2) is 13.1 Å². The molecule has 4 heterocycles. The summed E-state index contributed by atoms with van der Waals surface area (Å²) in [7, 11) is 0. The molecule has 140 valence electrons. The summed E-state index contributed by atoms with van der Waals surface area (Å²) in [5.74, 6) is 0. The highest BCUT2D eigenvalue weighted by atomic mass is 16.4. The fourth-order valence-corrected chi connectivity index (χ4v) is 4.75. The van der Waals surface area contributed by atoms with E-state index in [2.05, 4.69) is 38.7 Å². The van der Waals surface area contributed by atoms with Gasteiger partial charge in [0.25, 0.3) is 0 Å². The summed E-state index contributed by atoms with van der Waals surface area (Å²) < 4.78 is 11.3. The van der Waals surface area contributed by atoms with Crippen molar-refractivity contribution in [2.24, 2.45) is 0 Å². The minimum absolute atomic E-state index is 0.000270. The molecule has 0 bridgehead atoms. The van der Waals surface area contributed by atoms with Crippen molar-refractivity contribution in [2.75, 3.05) is 18.0 Å². The molecule has 5 rings (SSSR count). The Bertz CT molecular complexity index is 1230. The van der Waals surface area contributed by atoms with Gasteiger partial charge in [0.1, 0.15) is 11.0 Å². The van der Waals surface area contributed by atoms with Gasteiger partial charge < -0.3 is 13.7 Å². The van der Waals surface area contributed by atoms with E-state index in [0.29, 0.717) is 16.6 Å². The monoisotopic (exact) mass is 365 g/mol. The van der Waals surface area contributed by atoms with Gasteiger partial charge in [-0.3, -0.25) is 0 Å². The molecule has 0 unspecified atom stereocenters. The predicted molar refractivity (Wildman–Crippen MR) is 106 cm³/mol. The molecular formula is C22H23NO4. The van der Waals surface area contributed by atoms with E-state index in [1.807, 2.05) is 0 Å². The quantitative estimate of drug-likeness (QED) is 0.444. The fourth-order valence-electron chi connectivity index (χ4n) is 4.75. The molecule has 0 fully saturated rings. The summed E-state index contributed by atoms with van der Waals surface area (Å²) >= 11 is 0. The second-order valence-electron chi connectivity index (χ2n) is 9.17. The highest BCUT2D eigenvalue weighted by Crippen LogP contribution is 2.52. The Morgan fingerprint density at radius 3 is 2.33 bits per heavy atom. The molecule has 0 amide bonds. The minimum atomic E-state index is -0.458. The zero-order valence-electron chi connectivity index (χ0n) is 16.1. The number of nitrogens with zero attached hydrogens (tertiary/aromatic N) is 1. The number of benzene rings is 1. The maximum atomic E-state index is 12.6. The molecule has 0 N–H and O–H groups in total. The normalized spacial score (nSPS) is 20.1. The first kappa shape index (κ1) is 16.6. The van der Waals surface area contributed by atoms with Gasteiger partial charge in [-0.25, -0.2) is 9.59 Å². The molecule has 0 radical (unpaired) electrons. The van der Waals surface area contributed by atoms with Crippen LogP contribution in [-0.2, 0) is 10.8 Å². The Balaban J connectivity index is 2.07. The Labute approximate surface area is 156 Å². The van der Waals surface area contributed by atoms with Gasteiger partial charge in [-0.2, -0.15) is 0 Å². The first-order valence-corrected chi connectivity index (χ1v) is 9.53. The van der Waals surface area contributed by atoms with Crippen LogP contribution in [0.5, 0.6) is 0 Å². The molecule has 0 saturated carbocycles. The van der Waals surface area contributed by atoms with E-state index in [1.54, 1.807) is 0 Å². The number of hydrogen-bond acceptors (Lipinski definition) is 5. The first-order valence-electron chi connectivity index (χ1n) is 9.53. The van der Waals surface area contributed by atoms with E-state index < -0.39 is 11.3 Å². The molecule has 5 nitrogen and oxygen atoms in total. The standard InChI is InChI=1S/C22H23NO4/c1-21(2)7-9-23-10-8-22(3,4)16-17(23)14(21)11-13-18-12(5-6-15(24)26-18)20(25)27-19(13)16/h5-6,11H,7-10H2,1-4H3. The van der Waals surface area contributed by atoms with E-state index in [1.165, 1.54) is 23.4 Å². The number of rotatable bonds is 0. The van der Waals surface area contributed by atoms with Crippen LogP contribution in [0.4, 0.5) is 5.69 Å². The molecular weight excluding hydrogens is 342 g/mol. The van der Waals surface area contributed by atoms with Crippen molar-refractivity contribution in [3.63, 3.8) is 0 Å². The van der Waals surface area contributed by atoms with Crippen molar-refractivity contribution < 1.29 is 8.83 Å². The summed E-state index contributed by atoms with van der Waals surface area (Å²) in [6.07, 6.45) is 2.05. The predicted octanol–water partition coefficient (Wildman–Crippen LogP) is 4.07. The summed E-state index contributed by atoms with van der Waals surface area (Å²) in [6.45, 7) is 10.9. The second-order valence-corrected chi connectivity index (χ2v) is 9.17. The van der Waals surface area contributed by atoms with E-state index in [-0.39, 0.29) is 10.8 Å². The Hall–Kier alpha value is -2.56. The van der Waals surface area contributed by atoms with Gasteiger partial charge in [-0.1, -0.05) is 27.7 Å². The van der Waals surface area contributed by atoms with Crippen LogP contribution >= 0.6 is 0 Å². The van der Waals surface area contributed by atoms with Crippen LogP contribution in [0.2, 0.25) is 0 Å². The van der Waals surface area contributed by atoms with Crippen molar-refractivity contribution in [3.8, 4) is 0 Å². The first-order chi connectivity index (χ1) is 12.7. The van der Waals surface area contributed by atoms with Crippen LogP contribution < -0.4 is 16.2 Å². The van der Waals surface area contributed by atoms with Crippen molar-refractivity contribution in [1.82, 2.24) is 0 Å². The van der Waals surface area contributed by atoms with Gasteiger partial charge in [-0.15, -0.1) is 0 Å². The van der Waals surface area contributed by atoms with E-state index in [9.17, 15) is 9.59 Å². The molecule has 27 heavy (non-hydrogen) atoms. The van der Waals surface area contributed by atoms with Crippen LogP contribution in [0.3, 0.4) is 0 Å². The van der Waals surface area contributed by atoms with Crippen LogP contribution in [0.25, 0.3) is 21.9 Å². The molecule has 0 saturated heterocycles. The lowest BCUT2D eigenvalue weighted by Gasteiger charge is -2.48. The maximum absolute atomic E-state index is 12.6. The van der Waals surface area contributed by atoms with Crippen LogP contribution in [0.15, 0.2) is 36.6 Å². The molecule has 3 aromatic rings. The van der Waals surface area contributed by atoms with Crippen molar-refractivity contribution in [1.29, 1.82) is 0 Å². The third-order valence-electron chi connectivity index (χ3n) is 6.48. The fraction of sp³-hybridized carbons (Fsp3) is 0.455. The number of fused-ring (bicyclic) bond motifs is 4. The van der Waals surface area contributed by atoms with Crippen molar-refractivity contribution in [3.05, 3.63) is 50.2 Å². The van der Waals surface area contributed by atoms with E-state index in [4.69, 9.17) is 8.83 Å². The Kier molecular flexibility index (Phi) is 3.09. The summed E-state index contributed by atoms with van der Waals surface area (Å²) in [4.78, 5) is 27.0. The molecule has 2 aliphatic heterocycles. The van der Waals surface area contributed by atoms with Crippen molar-refractivity contribution in [2.45, 2.75) is 51.4 Å². The molecule has 1 aromatic carbocycles. The van der Waals surface area contributed by atoms with E-state index >= 15 is 0 Å². The summed E-state index contributed by atoms with van der Waals surface area (Å²) in [5.41, 5.74) is 3.36. The third kappa shape index (κ3) is 2.17. The van der Waals surface area contributed by atoms with Crippen LogP contribution in [0, 0.1) is 0 Å². The smallest absolute Gasteiger partial charge is 0.347 e. The zero-order chi connectivity index (χ0) is 19.1. The second kappa shape index (κ2) is 5.03. The van der Waals surface area contributed by atoms with Gasteiger partial charge in [0.15, 0.2) is 5.58 Å². The Morgan fingerprint density at radius 1 is 0.889 bits per heavy atom. The lowest BCUT2D eigenvalue weighted by Crippen LogP contribution is -2.44. The van der Waals surface area contributed by atoms with Crippen LogP contribution in [0.1, 0.15) is 51.7 Å². The van der Waals surface area contributed by atoms with Gasteiger partial charge in [0.05, 0.1) is 5.39 Å². The highest BCUT2D eigenvalue weighted by molar-refractivity contribution is 6.04. The maximum Gasteiger partial charge on any atom is 0.347 e. The molecule has 2 aliphatic rings. The lowest BCUT2D eigenvalue weighted by atomic mass is 9.69. The largest absolute Gasteiger partial charge is 0.422 e. The van der Waals surface area contributed by atoms with Gasteiger partial charge >= 0.3 is 11.3 Å². The van der Waals surface area contributed by atoms with E-state index in [0.717, 1.165) is 36.9 Å². The summed E-state index contributed by atoms with van der Waals surface area (Å²) in [6, 6.07) is 4.85. The molecule has 0 atom stereocenters. The minimum Gasteiger partial charge on any atom is -0.422 e. The SMILES string of the molecule is CC1(C)CCN2CCC(C)(C)c3c2c1cc1c3oc(=O)c2ccc(=O)oc21. The van der Waals surface area contributed by atoms with Gasteiger partial charge in [0.2, 0.25) is 0 Å². The topological polar surface area (TPSA) is 63.7 Å². The van der Waals surface area contributed by atoms with Gasteiger partial charge in [0, 0.05) is 30.4 Å². The average Bonchev–Trinajstić information content (AvgIpc) is 2.59. The van der Waals surface area contributed by atoms with Gasteiger partial charge in [-0.05, 0) is 41.4 Å². The van der Waals surface area contributed by atoms with Crippen molar-refractivity contribution >= 4 is 27.6 Å². The molecule has 0 aliphatic carbocycles. The third-order valence-corrected chi connectivity index (χ3v) is 6.48. The molecule has 0 spiro atoms. The number of anilines is 1.